The summed E-state index contributed by atoms with van der Waals surface area (Å²) < 4.78 is 31.8. The van der Waals surface area contributed by atoms with E-state index in [0.29, 0.717) is 13.0 Å². The standard InChI is InChI=1S/C10H17F2NO2/c1-9(2,3)15-8(14)10(11,12)7-4-5-13-6-7/h7,13H,4-6H2,1-3H3. The first kappa shape index (κ1) is 12.4. The van der Waals surface area contributed by atoms with Crippen molar-refractivity contribution < 1.29 is 18.3 Å². The topological polar surface area (TPSA) is 38.3 Å². The van der Waals surface area contributed by atoms with Crippen molar-refractivity contribution in [1.29, 1.82) is 0 Å². The van der Waals surface area contributed by atoms with E-state index in [1.165, 1.54) is 0 Å². The largest absolute Gasteiger partial charge is 0.456 e. The van der Waals surface area contributed by atoms with Crippen LogP contribution in [-0.4, -0.2) is 30.6 Å². The van der Waals surface area contributed by atoms with Gasteiger partial charge >= 0.3 is 11.9 Å². The SMILES string of the molecule is CC(C)(C)OC(=O)C(F)(F)C1CCNC1. The molecule has 1 N–H and O–H groups in total. The van der Waals surface area contributed by atoms with E-state index in [9.17, 15) is 13.6 Å². The quantitative estimate of drug-likeness (QED) is 0.719. The van der Waals surface area contributed by atoms with Gasteiger partial charge < -0.3 is 10.1 Å². The van der Waals surface area contributed by atoms with Gasteiger partial charge in [-0.05, 0) is 33.7 Å². The summed E-state index contributed by atoms with van der Waals surface area (Å²) in [5.74, 6) is -5.73. The highest BCUT2D eigenvalue weighted by Gasteiger charge is 2.50. The van der Waals surface area contributed by atoms with E-state index in [4.69, 9.17) is 4.74 Å². The predicted molar refractivity (Wildman–Crippen MR) is 51.8 cm³/mol. The zero-order chi connectivity index (χ0) is 11.7. The van der Waals surface area contributed by atoms with Crippen molar-refractivity contribution in [3.63, 3.8) is 0 Å². The summed E-state index contributed by atoms with van der Waals surface area (Å²) in [5, 5.41) is 2.81. The molecule has 88 valence electrons. The lowest BCUT2D eigenvalue weighted by molar-refractivity contribution is -0.190. The monoisotopic (exact) mass is 221 g/mol. The highest BCUT2D eigenvalue weighted by molar-refractivity contribution is 5.78. The maximum Gasteiger partial charge on any atom is 0.377 e. The number of esters is 1. The van der Waals surface area contributed by atoms with E-state index in [1.807, 2.05) is 0 Å². The zero-order valence-corrected chi connectivity index (χ0v) is 9.27. The van der Waals surface area contributed by atoms with Crippen LogP contribution in [0.5, 0.6) is 0 Å². The van der Waals surface area contributed by atoms with Gasteiger partial charge in [0.2, 0.25) is 0 Å². The Hall–Kier alpha value is -0.710. The van der Waals surface area contributed by atoms with E-state index in [-0.39, 0.29) is 6.54 Å². The molecule has 3 nitrogen and oxygen atoms in total. The molecule has 1 aliphatic rings. The summed E-state index contributed by atoms with van der Waals surface area (Å²) in [6, 6.07) is 0. The molecule has 1 heterocycles. The van der Waals surface area contributed by atoms with Crippen molar-refractivity contribution in [1.82, 2.24) is 5.32 Å². The zero-order valence-electron chi connectivity index (χ0n) is 9.27. The summed E-state index contributed by atoms with van der Waals surface area (Å²) in [5.41, 5.74) is -0.869. The Morgan fingerprint density at radius 1 is 1.40 bits per heavy atom. The van der Waals surface area contributed by atoms with E-state index in [2.05, 4.69) is 5.32 Å². The molecule has 1 unspecified atom stereocenters. The van der Waals surface area contributed by atoms with Crippen molar-refractivity contribution in [3.05, 3.63) is 0 Å². The fraction of sp³-hybridized carbons (Fsp3) is 0.900. The van der Waals surface area contributed by atoms with Crippen LogP contribution in [0.25, 0.3) is 0 Å². The number of carbonyl (C=O) groups is 1. The van der Waals surface area contributed by atoms with E-state index in [1.54, 1.807) is 20.8 Å². The highest BCUT2D eigenvalue weighted by atomic mass is 19.3. The molecular formula is C10H17F2NO2. The molecule has 0 radical (unpaired) electrons. The van der Waals surface area contributed by atoms with Gasteiger partial charge in [0.25, 0.3) is 0 Å². The van der Waals surface area contributed by atoms with Crippen LogP contribution in [0, 0.1) is 5.92 Å². The number of carbonyl (C=O) groups excluding carboxylic acids is 1. The van der Waals surface area contributed by atoms with Crippen molar-refractivity contribution in [2.75, 3.05) is 13.1 Å². The minimum absolute atomic E-state index is 0.173. The number of nitrogens with one attached hydrogen (secondary N) is 1. The third-order valence-electron chi connectivity index (χ3n) is 2.24. The molecule has 0 aliphatic carbocycles. The Morgan fingerprint density at radius 3 is 2.40 bits per heavy atom. The lowest BCUT2D eigenvalue weighted by atomic mass is 10.0. The average molecular weight is 221 g/mol. The lowest BCUT2D eigenvalue weighted by Gasteiger charge is -2.26. The summed E-state index contributed by atoms with van der Waals surface area (Å²) in [6.45, 7) is 5.44. The number of hydrogen-bond acceptors (Lipinski definition) is 3. The van der Waals surface area contributed by atoms with Crippen LogP contribution in [0.4, 0.5) is 8.78 Å². The van der Waals surface area contributed by atoms with Gasteiger partial charge in [-0.1, -0.05) is 0 Å². The lowest BCUT2D eigenvalue weighted by Crippen LogP contribution is -2.43. The number of hydrogen-bond donors (Lipinski definition) is 1. The molecule has 0 bridgehead atoms. The fourth-order valence-electron chi connectivity index (χ4n) is 1.48. The maximum absolute atomic E-state index is 13.5. The number of rotatable bonds is 2. The van der Waals surface area contributed by atoms with Crippen LogP contribution in [0.1, 0.15) is 27.2 Å². The normalized spacial score (nSPS) is 22.9. The molecule has 1 atom stereocenters. The van der Waals surface area contributed by atoms with Gasteiger partial charge in [-0.25, -0.2) is 4.79 Å². The smallest absolute Gasteiger partial charge is 0.377 e. The van der Waals surface area contributed by atoms with E-state index in [0.717, 1.165) is 0 Å². The molecule has 0 spiro atoms. The van der Waals surface area contributed by atoms with Gasteiger partial charge in [-0.15, -0.1) is 0 Å². The first-order valence-electron chi connectivity index (χ1n) is 5.05. The second-order valence-corrected chi connectivity index (χ2v) is 4.81. The van der Waals surface area contributed by atoms with Crippen molar-refractivity contribution >= 4 is 5.97 Å². The van der Waals surface area contributed by atoms with Crippen LogP contribution >= 0.6 is 0 Å². The summed E-state index contributed by atoms with van der Waals surface area (Å²) >= 11 is 0. The Morgan fingerprint density at radius 2 is 2.00 bits per heavy atom. The van der Waals surface area contributed by atoms with Crippen molar-refractivity contribution in [3.8, 4) is 0 Å². The van der Waals surface area contributed by atoms with Crippen LogP contribution in [0.2, 0.25) is 0 Å². The molecule has 1 rings (SSSR count). The molecule has 15 heavy (non-hydrogen) atoms. The molecule has 0 amide bonds. The molecule has 0 aromatic rings. The number of alkyl halides is 2. The van der Waals surface area contributed by atoms with Gasteiger partial charge in [0.1, 0.15) is 5.60 Å². The second kappa shape index (κ2) is 4.04. The molecule has 0 saturated carbocycles. The van der Waals surface area contributed by atoms with Crippen molar-refractivity contribution in [2.24, 2.45) is 5.92 Å². The molecular weight excluding hydrogens is 204 g/mol. The van der Waals surface area contributed by atoms with Crippen LogP contribution in [-0.2, 0) is 9.53 Å². The van der Waals surface area contributed by atoms with Crippen LogP contribution < -0.4 is 5.32 Å². The minimum atomic E-state index is -3.38. The van der Waals surface area contributed by atoms with Crippen LogP contribution in [0.15, 0.2) is 0 Å². The third-order valence-corrected chi connectivity index (χ3v) is 2.24. The summed E-state index contributed by atoms with van der Waals surface area (Å²) in [4.78, 5) is 11.3. The molecule has 1 aliphatic heterocycles. The summed E-state index contributed by atoms with van der Waals surface area (Å²) in [6.07, 6.45) is 0.312. The van der Waals surface area contributed by atoms with Gasteiger partial charge in [0.05, 0.1) is 0 Å². The number of ether oxygens (including phenoxy) is 1. The fourth-order valence-corrected chi connectivity index (χ4v) is 1.48. The molecule has 0 aromatic heterocycles. The van der Waals surface area contributed by atoms with Gasteiger partial charge in [0.15, 0.2) is 0 Å². The maximum atomic E-state index is 13.5. The minimum Gasteiger partial charge on any atom is -0.456 e. The Bertz CT molecular complexity index is 242. The molecule has 0 aromatic carbocycles. The van der Waals surface area contributed by atoms with Gasteiger partial charge in [-0.3, -0.25) is 0 Å². The van der Waals surface area contributed by atoms with Crippen molar-refractivity contribution in [2.45, 2.75) is 38.7 Å². The molecule has 5 heteroatoms. The Balaban J connectivity index is 2.63. The first-order valence-corrected chi connectivity index (χ1v) is 5.05. The van der Waals surface area contributed by atoms with Gasteiger partial charge in [-0.2, -0.15) is 8.78 Å². The first-order chi connectivity index (χ1) is 6.73. The predicted octanol–water partition coefficient (Wildman–Crippen LogP) is 1.57. The number of halogens is 2. The highest BCUT2D eigenvalue weighted by Crippen LogP contribution is 2.31. The van der Waals surface area contributed by atoms with Gasteiger partial charge in [0, 0.05) is 12.5 Å². The Kier molecular flexibility index (Phi) is 3.33. The molecule has 1 saturated heterocycles. The third kappa shape index (κ3) is 3.12. The van der Waals surface area contributed by atoms with E-state index >= 15 is 0 Å². The average Bonchev–Trinajstić information content (AvgIpc) is 2.52. The summed E-state index contributed by atoms with van der Waals surface area (Å²) in [7, 11) is 0. The van der Waals surface area contributed by atoms with E-state index < -0.39 is 23.4 Å². The second-order valence-electron chi connectivity index (χ2n) is 4.81. The Labute approximate surface area is 88.2 Å². The van der Waals surface area contributed by atoms with Crippen LogP contribution in [0.3, 0.4) is 0 Å². The molecule has 1 fully saturated rings.